The lowest BCUT2D eigenvalue weighted by molar-refractivity contribution is -0.0755. The van der Waals surface area contributed by atoms with E-state index in [1.54, 1.807) is 44.8 Å². The van der Waals surface area contributed by atoms with Crippen molar-refractivity contribution in [1.29, 1.82) is 0 Å². The van der Waals surface area contributed by atoms with Gasteiger partial charge in [-0.15, -0.1) is 0 Å². The first-order chi connectivity index (χ1) is 13.0. The van der Waals surface area contributed by atoms with Crippen molar-refractivity contribution in [3.05, 3.63) is 60.2 Å². The molecule has 8 nitrogen and oxygen atoms in total. The number of hydrogen-bond acceptors (Lipinski definition) is 5. The van der Waals surface area contributed by atoms with Crippen LogP contribution in [0.4, 0.5) is 0 Å². The third-order valence-electron chi connectivity index (χ3n) is 4.07. The number of fused-ring (bicyclic) bond motifs is 2. The second-order valence-electron chi connectivity index (χ2n) is 5.75. The number of rotatable bonds is 3. The smallest absolute Gasteiger partial charge is 0.279 e. The fraction of sp³-hybridized carbons (Fsp3) is 0.158. The van der Waals surface area contributed by atoms with Crippen LogP contribution in [0.5, 0.6) is 0 Å². The second kappa shape index (κ2) is 7.79. The van der Waals surface area contributed by atoms with Crippen LogP contribution < -0.4 is 0 Å². The standard InChI is InChI=1S/C10H11N3O2.C9H8N2O/c1-13(15-2)10(14)7-4-3-5-8-9(7)12-6-11-8;1-6(12)7-3-2-4-8-9(7)11-5-10-8/h3-6H,1-2H3,(H,11,12);2-5H,1H3,(H,10,11). The van der Waals surface area contributed by atoms with E-state index in [-0.39, 0.29) is 11.7 Å². The maximum absolute atomic E-state index is 11.8. The highest BCUT2D eigenvalue weighted by atomic mass is 16.7. The molecule has 8 heteroatoms. The minimum atomic E-state index is -0.213. The van der Waals surface area contributed by atoms with Gasteiger partial charge in [0, 0.05) is 12.6 Å². The lowest BCUT2D eigenvalue weighted by Gasteiger charge is -2.13. The molecular formula is C19H19N5O3. The maximum Gasteiger partial charge on any atom is 0.279 e. The number of nitrogens with one attached hydrogen (secondary N) is 2. The molecule has 0 spiro atoms. The Hall–Kier alpha value is -3.52. The number of nitrogens with zero attached hydrogens (tertiary/aromatic N) is 3. The zero-order valence-electron chi connectivity index (χ0n) is 15.2. The molecule has 138 valence electrons. The number of hydroxylamine groups is 2. The Bertz CT molecular complexity index is 1100. The van der Waals surface area contributed by atoms with Gasteiger partial charge >= 0.3 is 0 Å². The number of imidazole rings is 2. The topological polar surface area (TPSA) is 104 Å². The van der Waals surface area contributed by atoms with Crippen LogP contribution in [-0.2, 0) is 4.84 Å². The number of para-hydroxylation sites is 2. The molecule has 0 aliphatic carbocycles. The monoisotopic (exact) mass is 365 g/mol. The van der Waals surface area contributed by atoms with Crippen molar-refractivity contribution in [1.82, 2.24) is 25.0 Å². The van der Waals surface area contributed by atoms with Crippen LogP contribution in [0.15, 0.2) is 49.1 Å². The van der Waals surface area contributed by atoms with Crippen LogP contribution in [0.1, 0.15) is 27.6 Å². The highest BCUT2D eigenvalue weighted by Crippen LogP contribution is 2.16. The Labute approximate surface area is 155 Å². The number of aromatic amines is 2. The number of H-pyrrole nitrogens is 2. The van der Waals surface area contributed by atoms with Gasteiger partial charge in [0.2, 0.25) is 0 Å². The predicted octanol–water partition coefficient (Wildman–Crippen LogP) is 2.96. The summed E-state index contributed by atoms with van der Waals surface area (Å²) in [6.45, 7) is 1.55. The molecule has 1 amide bonds. The van der Waals surface area contributed by atoms with Crippen LogP contribution in [-0.4, -0.2) is 50.8 Å². The van der Waals surface area contributed by atoms with E-state index in [4.69, 9.17) is 4.84 Å². The molecule has 0 fully saturated rings. The largest absolute Gasteiger partial charge is 0.345 e. The normalized spacial score (nSPS) is 10.5. The molecule has 0 radical (unpaired) electrons. The van der Waals surface area contributed by atoms with E-state index in [1.165, 1.54) is 12.2 Å². The van der Waals surface area contributed by atoms with Gasteiger partial charge in [-0.25, -0.2) is 15.0 Å². The van der Waals surface area contributed by atoms with Gasteiger partial charge in [-0.05, 0) is 31.2 Å². The molecule has 2 N–H and O–H groups in total. The average Bonchev–Trinajstić information content (AvgIpc) is 3.35. The highest BCUT2D eigenvalue weighted by Gasteiger charge is 2.15. The van der Waals surface area contributed by atoms with Gasteiger partial charge in [0.25, 0.3) is 5.91 Å². The number of carbonyl (C=O) groups is 2. The van der Waals surface area contributed by atoms with Gasteiger partial charge < -0.3 is 9.97 Å². The maximum atomic E-state index is 11.8. The van der Waals surface area contributed by atoms with Crippen molar-refractivity contribution in [3.8, 4) is 0 Å². The third-order valence-corrected chi connectivity index (χ3v) is 4.07. The number of Topliss-reactive ketones (excluding diaryl/α,β-unsaturated/α-hetero) is 1. The van der Waals surface area contributed by atoms with Crippen LogP contribution in [0, 0.1) is 0 Å². The molecular weight excluding hydrogens is 346 g/mol. The SMILES string of the molecule is CC(=O)c1cccc2[nH]cnc12.CON(C)C(=O)c1cccc2[nH]cnc12. The Morgan fingerprint density at radius 2 is 1.44 bits per heavy atom. The highest BCUT2D eigenvalue weighted by molar-refractivity contribution is 6.05. The Morgan fingerprint density at radius 3 is 1.96 bits per heavy atom. The van der Waals surface area contributed by atoms with E-state index in [0.717, 1.165) is 16.6 Å². The van der Waals surface area contributed by atoms with E-state index < -0.39 is 0 Å². The van der Waals surface area contributed by atoms with E-state index in [9.17, 15) is 9.59 Å². The van der Waals surface area contributed by atoms with Crippen molar-refractivity contribution >= 4 is 33.8 Å². The summed E-state index contributed by atoms with van der Waals surface area (Å²) in [5, 5.41) is 1.17. The van der Waals surface area contributed by atoms with Crippen LogP contribution in [0.25, 0.3) is 22.1 Å². The number of hydrogen-bond donors (Lipinski definition) is 2. The van der Waals surface area contributed by atoms with Crippen molar-refractivity contribution in [2.24, 2.45) is 0 Å². The minimum Gasteiger partial charge on any atom is -0.345 e. The molecule has 27 heavy (non-hydrogen) atoms. The number of ketones is 1. The van der Waals surface area contributed by atoms with Gasteiger partial charge in [-0.1, -0.05) is 12.1 Å². The molecule has 2 heterocycles. The summed E-state index contributed by atoms with van der Waals surface area (Å²) in [7, 11) is 3.01. The lowest BCUT2D eigenvalue weighted by Crippen LogP contribution is -2.25. The molecule has 0 aliphatic heterocycles. The molecule has 0 saturated carbocycles. The first-order valence-corrected chi connectivity index (χ1v) is 8.20. The molecule has 0 aliphatic rings. The third kappa shape index (κ3) is 3.70. The predicted molar refractivity (Wildman–Crippen MR) is 101 cm³/mol. The van der Waals surface area contributed by atoms with E-state index >= 15 is 0 Å². The van der Waals surface area contributed by atoms with Crippen molar-refractivity contribution in [2.45, 2.75) is 6.92 Å². The molecule has 0 unspecified atom stereocenters. The van der Waals surface area contributed by atoms with E-state index in [0.29, 0.717) is 16.6 Å². The van der Waals surface area contributed by atoms with E-state index in [1.807, 2.05) is 18.2 Å². The first-order valence-electron chi connectivity index (χ1n) is 8.20. The summed E-state index contributed by atoms with van der Waals surface area (Å²) in [5.74, 6) is -0.164. The first kappa shape index (κ1) is 18.3. The summed E-state index contributed by atoms with van der Waals surface area (Å²) in [4.78, 5) is 41.8. The Balaban J connectivity index is 0.000000159. The molecule has 2 aromatic carbocycles. The fourth-order valence-electron chi connectivity index (χ4n) is 2.64. The summed E-state index contributed by atoms with van der Waals surface area (Å²) in [5.41, 5.74) is 4.36. The van der Waals surface area contributed by atoms with Gasteiger partial charge in [0.1, 0.15) is 5.52 Å². The molecule has 0 saturated heterocycles. The zero-order chi connectivity index (χ0) is 19.4. The fourth-order valence-corrected chi connectivity index (χ4v) is 2.64. The average molecular weight is 365 g/mol. The summed E-state index contributed by atoms with van der Waals surface area (Å²) in [6.07, 6.45) is 3.16. The summed E-state index contributed by atoms with van der Waals surface area (Å²) < 4.78 is 0. The van der Waals surface area contributed by atoms with Gasteiger partial charge in [-0.2, -0.15) is 0 Å². The van der Waals surface area contributed by atoms with Gasteiger partial charge in [-0.3, -0.25) is 14.4 Å². The summed E-state index contributed by atoms with van der Waals surface area (Å²) in [6, 6.07) is 10.9. The molecule has 4 rings (SSSR count). The molecule has 4 aromatic rings. The van der Waals surface area contributed by atoms with Crippen molar-refractivity contribution < 1.29 is 14.4 Å². The number of amides is 1. The lowest BCUT2D eigenvalue weighted by atomic mass is 10.1. The quantitative estimate of drug-likeness (QED) is 0.429. The Kier molecular flexibility index (Phi) is 5.28. The van der Waals surface area contributed by atoms with Crippen molar-refractivity contribution in [3.63, 3.8) is 0 Å². The number of carbonyl (C=O) groups excluding carboxylic acids is 2. The van der Waals surface area contributed by atoms with Gasteiger partial charge in [0.15, 0.2) is 5.78 Å². The van der Waals surface area contributed by atoms with Gasteiger partial charge in [0.05, 0.1) is 41.9 Å². The van der Waals surface area contributed by atoms with Crippen LogP contribution in [0.2, 0.25) is 0 Å². The molecule has 2 aromatic heterocycles. The molecule has 0 bridgehead atoms. The zero-order valence-corrected chi connectivity index (χ0v) is 15.2. The van der Waals surface area contributed by atoms with Crippen LogP contribution >= 0.6 is 0 Å². The van der Waals surface area contributed by atoms with E-state index in [2.05, 4.69) is 19.9 Å². The Morgan fingerprint density at radius 1 is 0.926 bits per heavy atom. The number of benzene rings is 2. The second-order valence-corrected chi connectivity index (χ2v) is 5.75. The van der Waals surface area contributed by atoms with Crippen LogP contribution in [0.3, 0.4) is 0 Å². The minimum absolute atomic E-state index is 0.0488. The molecule has 0 atom stereocenters. The van der Waals surface area contributed by atoms with Crippen molar-refractivity contribution in [2.75, 3.05) is 14.2 Å². The summed E-state index contributed by atoms with van der Waals surface area (Å²) >= 11 is 0. The number of aromatic nitrogens is 4.